The summed E-state index contributed by atoms with van der Waals surface area (Å²) in [6.45, 7) is 4.32. The van der Waals surface area contributed by atoms with Crippen molar-refractivity contribution in [1.82, 2.24) is 0 Å². The molecule has 2 N–H and O–H groups in total. The molecule has 0 bridgehead atoms. The number of benzene rings is 1. The fraction of sp³-hybridized carbons (Fsp3) is 0.250. The van der Waals surface area contributed by atoms with Crippen LogP contribution >= 0.6 is 11.8 Å². The summed E-state index contributed by atoms with van der Waals surface area (Å²) in [5.41, 5.74) is 1.01. The number of hydrogen-bond acceptors (Lipinski definition) is 3. The van der Waals surface area contributed by atoms with Crippen LogP contribution in [0.1, 0.15) is 16.8 Å². The van der Waals surface area contributed by atoms with Gasteiger partial charge in [-0.3, -0.25) is 0 Å². The second-order valence-corrected chi connectivity index (χ2v) is 4.04. The van der Waals surface area contributed by atoms with Gasteiger partial charge in [0.15, 0.2) is 0 Å². The average molecular weight is 237 g/mol. The Morgan fingerprint density at radius 2 is 2.38 bits per heavy atom. The van der Waals surface area contributed by atoms with Gasteiger partial charge >= 0.3 is 5.97 Å². The molecule has 3 nitrogen and oxygen atoms in total. The molecular formula is C12H15NO2S. The molecule has 1 aromatic rings. The summed E-state index contributed by atoms with van der Waals surface area (Å²) >= 11 is 1.44. The highest BCUT2D eigenvalue weighted by Crippen LogP contribution is 2.27. The van der Waals surface area contributed by atoms with Gasteiger partial charge in [0, 0.05) is 17.1 Å². The van der Waals surface area contributed by atoms with E-state index in [1.165, 1.54) is 11.8 Å². The fourth-order valence-electron chi connectivity index (χ4n) is 1.38. The van der Waals surface area contributed by atoms with Gasteiger partial charge < -0.3 is 10.4 Å². The van der Waals surface area contributed by atoms with E-state index in [1.54, 1.807) is 12.1 Å². The molecule has 1 rings (SSSR count). The highest BCUT2D eigenvalue weighted by atomic mass is 32.2. The molecule has 0 spiro atoms. The molecule has 4 heteroatoms. The zero-order valence-corrected chi connectivity index (χ0v) is 10.0. The first-order chi connectivity index (χ1) is 7.70. The van der Waals surface area contributed by atoms with E-state index in [0.717, 1.165) is 11.3 Å². The lowest BCUT2D eigenvalue weighted by atomic mass is 10.1. The lowest BCUT2D eigenvalue weighted by Gasteiger charge is -2.11. The molecule has 0 radical (unpaired) electrons. The largest absolute Gasteiger partial charge is 0.478 e. The summed E-state index contributed by atoms with van der Waals surface area (Å²) in [6, 6.07) is 5.45. The maximum absolute atomic E-state index is 11.2. The number of carboxylic acids is 1. The van der Waals surface area contributed by atoms with Crippen molar-refractivity contribution in [2.75, 3.05) is 18.1 Å². The summed E-state index contributed by atoms with van der Waals surface area (Å²) in [5.74, 6) is -0.897. The van der Waals surface area contributed by atoms with Crippen LogP contribution in [-0.2, 0) is 0 Å². The van der Waals surface area contributed by atoms with Crippen molar-refractivity contribution in [3.05, 3.63) is 36.4 Å². The van der Waals surface area contributed by atoms with E-state index in [4.69, 9.17) is 5.11 Å². The predicted molar refractivity (Wildman–Crippen MR) is 68.5 cm³/mol. The van der Waals surface area contributed by atoms with Gasteiger partial charge in [-0.15, -0.1) is 18.3 Å². The van der Waals surface area contributed by atoms with Crippen LogP contribution in [0, 0.1) is 0 Å². The minimum atomic E-state index is -0.897. The predicted octanol–water partition coefficient (Wildman–Crippen LogP) is 3.09. The molecule has 0 aliphatic carbocycles. The molecule has 0 saturated heterocycles. The molecule has 16 heavy (non-hydrogen) atoms. The highest BCUT2D eigenvalue weighted by molar-refractivity contribution is 7.98. The standard InChI is InChI=1S/C12H15NO2S/c1-3-4-8-13-9-6-5-7-10(16-2)11(9)12(14)15/h3,5-7,13H,1,4,8H2,2H3,(H,14,15). The summed E-state index contributed by atoms with van der Waals surface area (Å²) < 4.78 is 0. The molecule has 0 atom stereocenters. The summed E-state index contributed by atoms with van der Waals surface area (Å²) in [7, 11) is 0. The molecule has 0 aliphatic heterocycles. The number of anilines is 1. The Hall–Kier alpha value is -1.42. The van der Waals surface area contributed by atoms with Crippen LogP contribution in [-0.4, -0.2) is 23.9 Å². The van der Waals surface area contributed by atoms with Gasteiger partial charge in [-0.25, -0.2) is 4.79 Å². The van der Waals surface area contributed by atoms with Gasteiger partial charge in [0.05, 0.1) is 5.56 Å². The Kier molecular flexibility index (Phi) is 4.92. The van der Waals surface area contributed by atoms with Gasteiger partial charge in [-0.05, 0) is 24.8 Å². The monoisotopic (exact) mass is 237 g/mol. The lowest BCUT2D eigenvalue weighted by molar-refractivity contribution is 0.0694. The van der Waals surface area contributed by atoms with Crippen molar-refractivity contribution in [3.8, 4) is 0 Å². The topological polar surface area (TPSA) is 49.3 Å². The van der Waals surface area contributed by atoms with Crippen LogP contribution in [0.25, 0.3) is 0 Å². The van der Waals surface area contributed by atoms with Gasteiger partial charge in [0.2, 0.25) is 0 Å². The van der Waals surface area contributed by atoms with Crippen molar-refractivity contribution in [1.29, 1.82) is 0 Å². The number of carbonyl (C=O) groups is 1. The molecule has 0 aromatic heterocycles. The van der Waals surface area contributed by atoms with E-state index in [1.807, 2.05) is 18.4 Å². The second-order valence-electron chi connectivity index (χ2n) is 3.19. The fourth-order valence-corrected chi connectivity index (χ4v) is 1.99. The van der Waals surface area contributed by atoms with Crippen molar-refractivity contribution < 1.29 is 9.90 Å². The van der Waals surface area contributed by atoms with Crippen molar-refractivity contribution >= 4 is 23.4 Å². The number of nitrogens with one attached hydrogen (secondary N) is 1. The molecule has 1 aromatic carbocycles. The van der Waals surface area contributed by atoms with Crippen LogP contribution in [0.15, 0.2) is 35.7 Å². The summed E-state index contributed by atoms with van der Waals surface area (Å²) in [4.78, 5) is 11.9. The molecule has 0 unspecified atom stereocenters. The van der Waals surface area contributed by atoms with Gasteiger partial charge in [0.25, 0.3) is 0 Å². The van der Waals surface area contributed by atoms with Gasteiger partial charge in [0.1, 0.15) is 0 Å². The third kappa shape index (κ3) is 3.03. The van der Waals surface area contributed by atoms with E-state index in [0.29, 0.717) is 17.8 Å². The number of hydrogen-bond donors (Lipinski definition) is 2. The van der Waals surface area contributed by atoms with Crippen LogP contribution in [0.2, 0.25) is 0 Å². The number of carboxylic acid groups (broad SMARTS) is 1. The first-order valence-electron chi connectivity index (χ1n) is 4.95. The smallest absolute Gasteiger partial charge is 0.338 e. The Balaban J connectivity index is 2.97. The van der Waals surface area contributed by atoms with Crippen LogP contribution in [0.5, 0.6) is 0 Å². The first-order valence-corrected chi connectivity index (χ1v) is 6.18. The number of rotatable bonds is 6. The Bertz CT molecular complexity index is 391. The van der Waals surface area contributed by atoms with Crippen molar-refractivity contribution in [2.24, 2.45) is 0 Å². The quantitative estimate of drug-likeness (QED) is 0.453. The molecule has 0 fully saturated rings. The average Bonchev–Trinajstić information content (AvgIpc) is 2.28. The van der Waals surface area contributed by atoms with Crippen molar-refractivity contribution in [2.45, 2.75) is 11.3 Å². The summed E-state index contributed by atoms with van der Waals surface area (Å²) in [6.07, 6.45) is 4.48. The zero-order valence-electron chi connectivity index (χ0n) is 9.19. The molecule has 0 saturated carbocycles. The van der Waals surface area contributed by atoms with E-state index < -0.39 is 5.97 Å². The molecule has 0 heterocycles. The Morgan fingerprint density at radius 3 is 2.94 bits per heavy atom. The maximum Gasteiger partial charge on any atom is 0.338 e. The van der Waals surface area contributed by atoms with E-state index in [9.17, 15) is 4.79 Å². The van der Waals surface area contributed by atoms with Crippen LogP contribution < -0.4 is 5.32 Å². The third-order valence-electron chi connectivity index (χ3n) is 2.12. The van der Waals surface area contributed by atoms with Gasteiger partial charge in [-0.1, -0.05) is 12.1 Å². The van der Waals surface area contributed by atoms with Gasteiger partial charge in [-0.2, -0.15) is 0 Å². The Morgan fingerprint density at radius 1 is 1.62 bits per heavy atom. The molecular weight excluding hydrogens is 222 g/mol. The Labute approximate surface area is 99.6 Å². The minimum Gasteiger partial charge on any atom is -0.478 e. The normalized spacial score (nSPS) is 9.81. The van der Waals surface area contributed by atoms with Crippen LogP contribution in [0.3, 0.4) is 0 Å². The first kappa shape index (κ1) is 12.6. The maximum atomic E-state index is 11.2. The molecule has 0 aliphatic rings. The van der Waals surface area contributed by atoms with Crippen molar-refractivity contribution in [3.63, 3.8) is 0 Å². The zero-order chi connectivity index (χ0) is 12.0. The lowest BCUT2D eigenvalue weighted by Crippen LogP contribution is -2.08. The van der Waals surface area contributed by atoms with Crippen LogP contribution in [0.4, 0.5) is 5.69 Å². The number of thioether (sulfide) groups is 1. The highest BCUT2D eigenvalue weighted by Gasteiger charge is 2.14. The summed E-state index contributed by atoms with van der Waals surface area (Å²) in [5, 5.41) is 12.3. The van der Waals surface area contributed by atoms with E-state index in [-0.39, 0.29) is 0 Å². The molecule has 0 amide bonds. The SMILES string of the molecule is C=CCCNc1cccc(SC)c1C(=O)O. The molecule has 86 valence electrons. The number of aromatic carboxylic acids is 1. The van der Waals surface area contributed by atoms with E-state index >= 15 is 0 Å². The third-order valence-corrected chi connectivity index (χ3v) is 2.90. The van der Waals surface area contributed by atoms with E-state index in [2.05, 4.69) is 11.9 Å². The second kappa shape index (κ2) is 6.23. The minimum absolute atomic E-state index is 0.346.